The average Bonchev–Trinajstić information content (AvgIpc) is 2.92. The van der Waals surface area contributed by atoms with Gasteiger partial charge in [0.05, 0.1) is 18.4 Å². The van der Waals surface area contributed by atoms with Gasteiger partial charge in [0.1, 0.15) is 0 Å². The number of amides is 2. The number of carbonyl (C=O) groups excluding carboxylic acids is 1. The van der Waals surface area contributed by atoms with Crippen molar-refractivity contribution in [2.45, 2.75) is 50.8 Å². The first-order valence-corrected chi connectivity index (χ1v) is 9.35. The SMILES string of the molecule is C[C@@H](NC(=O)NC1CCN(S(C)(=O)=O)CC1)[C@@H]1CCCO1. The Hall–Kier alpha value is -0.860. The molecule has 2 heterocycles. The molecule has 2 saturated heterocycles. The molecular formula is C13H25N3O4S. The number of ether oxygens (including phenoxy) is 1. The maximum absolute atomic E-state index is 11.9. The maximum atomic E-state index is 11.9. The molecule has 0 spiro atoms. The van der Waals surface area contributed by atoms with Gasteiger partial charge in [-0.25, -0.2) is 17.5 Å². The highest BCUT2D eigenvalue weighted by atomic mass is 32.2. The second kappa shape index (κ2) is 6.93. The lowest BCUT2D eigenvalue weighted by Crippen LogP contribution is -2.52. The summed E-state index contributed by atoms with van der Waals surface area (Å²) in [5.74, 6) is 0. The molecule has 8 heteroatoms. The molecule has 2 atom stereocenters. The van der Waals surface area contributed by atoms with Gasteiger partial charge in [-0.15, -0.1) is 0 Å². The topological polar surface area (TPSA) is 87.7 Å². The Morgan fingerprint density at radius 1 is 1.29 bits per heavy atom. The van der Waals surface area contributed by atoms with Crippen molar-refractivity contribution < 1.29 is 17.9 Å². The molecule has 0 aliphatic carbocycles. The number of nitrogens with one attached hydrogen (secondary N) is 2. The molecule has 2 amide bonds. The summed E-state index contributed by atoms with van der Waals surface area (Å²) in [6.45, 7) is 3.64. The van der Waals surface area contributed by atoms with Crippen LogP contribution in [-0.2, 0) is 14.8 Å². The van der Waals surface area contributed by atoms with E-state index in [0.717, 1.165) is 19.4 Å². The highest BCUT2D eigenvalue weighted by Crippen LogP contribution is 2.16. The van der Waals surface area contributed by atoms with Gasteiger partial charge in [-0.05, 0) is 32.6 Å². The van der Waals surface area contributed by atoms with Gasteiger partial charge >= 0.3 is 6.03 Å². The lowest BCUT2D eigenvalue weighted by molar-refractivity contribution is 0.0857. The van der Waals surface area contributed by atoms with Crippen LogP contribution in [0.25, 0.3) is 0 Å². The summed E-state index contributed by atoms with van der Waals surface area (Å²) in [6.07, 6.45) is 4.64. The lowest BCUT2D eigenvalue weighted by Gasteiger charge is -2.31. The van der Waals surface area contributed by atoms with Crippen molar-refractivity contribution >= 4 is 16.1 Å². The van der Waals surface area contributed by atoms with Gasteiger partial charge in [0.15, 0.2) is 0 Å². The molecule has 21 heavy (non-hydrogen) atoms. The average molecular weight is 319 g/mol. The zero-order chi connectivity index (χ0) is 15.5. The summed E-state index contributed by atoms with van der Waals surface area (Å²) in [4.78, 5) is 11.9. The number of rotatable bonds is 4. The first-order valence-electron chi connectivity index (χ1n) is 7.50. The minimum absolute atomic E-state index is 0.0105. The van der Waals surface area contributed by atoms with Crippen molar-refractivity contribution in [1.29, 1.82) is 0 Å². The third-order valence-electron chi connectivity index (χ3n) is 4.14. The van der Waals surface area contributed by atoms with E-state index < -0.39 is 10.0 Å². The van der Waals surface area contributed by atoms with E-state index in [0.29, 0.717) is 25.9 Å². The summed E-state index contributed by atoms with van der Waals surface area (Å²) < 4.78 is 29.8. The summed E-state index contributed by atoms with van der Waals surface area (Å²) in [7, 11) is -3.12. The largest absolute Gasteiger partial charge is 0.376 e. The monoisotopic (exact) mass is 319 g/mol. The third kappa shape index (κ3) is 4.82. The molecule has 0 bridgehead atoms. The Labute approximate surface area is 126 Å². The van der Waals surface area contributed by atoms with Gasteiger partial charge < -0.3 is 15.4 Å². The second-order valence-electron chi connectivity index (χ2n) is 5.89. The maximum Gasteiger partial charge on any atom is 0.315 e. The van der Waals surface area contributed by atoms with E-state index in [1.165, 1.54) is 10.6 Å². The Bertz CT molecular complexity index is 454. The predicted molar refractivity (Wildman–Crippen MR) is 79.5 cm³/mol. The molecule has 2 aliphatic rings. The number of hydrogen-bond acceptors (Lipinski definition) is 4. The van der Waals surface area contributed by atoms with Gasteiger partial charge in [-0.2, -0.15) is 0 Å². The Balaban J connectivity index is 1.71. The Kier molecular flexibility index (Phi) is 5.45. The van der Waals surface area contributed by atoms with Crippen LogP contribution in [0.3, 0.4) is 0 Å². The van der Waals surface area contributed by atoms with Crippen LogP contribution in [0.5, 0.6) is 0 Å². The van der Waals surface area contributed by atoms with Crippen LogP contribution < -0.4 is 10.6 Å². The number of urea groups is 1. The highest BCUT2D eigenvalue weighted by Gasteiger charge is 2.27. The van der Waals surface area contributed by atoms with Crippen molar-refractivity contribution in [3.05, 3.63) is 0 Å². The van der Waals surface area contributed by atoms with Crippen LogP contribution in [0.1, 0.15) is 32.6 Å². The molecule has 0 radical (unpaired) electrons. The lowest BCUT2D eigenvalue weighted by atomic mass is 10.1. The smallest absolute Gasteiger partial charge is 0.315 e. The molecule has 0 aromatic rings. The van der Waals surface area contributed by atoms with Gasteiger partial charge in [-0.1, -0.05) is 0 Å². The minimum Gasteiger partial charge on any atom is -0.376 e. The van der Waals surface area contributed by atoms with E-state index in [-0.39, 0.29) is 24.2 Å². The first kappa shape index (κ1) is 16.5. The molecule has 122 valence electrons. The van der Waals surface area contributed by atoms with Crippen molar-refractivity contribution in [2.24, 2.45) is 0 Å². The van der Waals surface area contributed by atoms with Gasteiger partial charge in [0.2, 0.25) is 10.0 Å². The molecule has 2 N–H and O–H groups in total. The fourth-order valence-corrected chi connectivity index (χ4v) is 3.73. The molecule has 2 fully saturated rings. The minimum atomic E-state index is -3.12. The van der Waals surface area contributed by atoms with E-state index in [4.69, 9.17) is 4.74 Å². The van der Waals surface area contributed by atoms with Crippen LogP contribution in [0, 0.1) is 0 Å². The van der Waals surface area contributed by atoms with Crippen LogP contribution in [0.15, 0.2) is 0 Å². The van der Waals surface area contributed by atoms with Crippen molar-refractivity contribution in [3.63, 3.8) is 0 Å². The molecular weight excluding hydrogens is 294 g/mol. The summed E-state index contributed by atoms with van der Waals surface area (Å²) >= 11 is 0. The van der Waals surface area contributed by atoms with Crippen LogP contribution >= 0.6 is 0 Å². The van der Waals surface area contributed by atoms with Crippen molar-refractivity contribution in [1.82, 2.24) is 14.9 Å². The third-order valence-corrected chi connectivity index (χ3v) is 5.44. The van der Waals surface area contributed by atoms with Gasteiger partial charge in [-0.3, -0.25) is 0 Å². The molecule has 2 aliphatic heterocycles. The molecule has 0 aromatic heterocycles. The summed E-state index contributed by atoms with van der Waals surface area (Å²) in [5.41, 5.74) is 0. The van der Waals surface area contributed by atoms with Crippen LogP contribution in [0.4, 0.5) is 4.79 Å². The highest BCUT2D eigenvalue weighted by molar-refractivity contribution is 7.88. The van der Waals surface area contributed by atoms with Crippen molar-refractivity contribution in [3.8, 4) is 0 Å². The predicted octanol–water partition coefficient (Wildman–Crippen LogP) is 0.277. The van der Waals surface area contributed by atoms with Gasteiger partial charge in [0.25, 0.3) is 0 Å². The van der Waals surface area contributed by atoms with E-state index in [1.807, 2.05) is 6.92 Å². The first-order chi connectivity index (χ1) is 9.86. The summed E-state index contributed by atoms with van der Waals surface area (Å²) in [6, 6.07) is -0.181. The zero-order valence-corrected chi connectivity index (χ0v) is 13.5. The fraction of sp³-hybridized carbons (Fsp3) is 0.923. The standard InChI is InChI=1S/C13H25N3O4S/c1-10(12-4-3-9-20-12)14-13(17)15-11-5-7-16(8-6-11)21(2,18)19/h10-12H,3-9H2,1-2H3,(H2,14,15,17)/t10-,12+/m1/s1. The van der Waals surface area contributed by atoms with E-state index in [2.05, 4.69) is 10.6 Å². The second-order valence-corrected chi connectivity index (χ2v) is 7.88. The van der Waals surface area contributed by atoms with Crippen molar-refractivity contribution in [2.75, 3.05) is 26.0 Å². The number of hydrogen-bond donors (Lipinski definition) is 2. The molecule has 0 unspecified atom stereocenters. The number of piperidine rings is 1. The fourth-order valence-electron chi connectivity index (χ4n) is 2.86. The van der Waals surface area contributed by atoms with E-state index in [1.54, 1.807) is 0 Å². The normalized spacial score (nSPS) is 26.5. The van der Waals surface area contributed by atoms with E-state index in [9.17, 15) is 13.2 Å². The van der Waals surface area contributed by atoms with Crippen LogP contribution in [-0.4, -0.2) is 62.9 Å². The molecule has 0 saturated carbocycles. The zero-order valence-electron chi connectivity index (χ0n) is 12.7. The Morgan fingerprint density at radius 2 is 1.95 bits per heavy atom. The summed E-state index contributed by atoms with van der Waals surface area (Å²) in [5, 5.41) is 5.82. The van der Waals surface area contributed by atoms with Crippen LogP contribution in [0.2, 0.25) is 0 Å². The molecule has 2 rings (SSSR count). The van der Waals surface area contributed by atoms with E-state index >= 15 is 0 Å². The quantitative estimate of drug-likeness (QED) is 0.779. The van der Waals surface area contributed by atoms with Gasteiger partial charge in [0, 0.05) is 25.7 Å². The number of carbonyl (C=O) groups is 1. The molecule has 0 aromatic carbocycles. The molecule has 7 nitrogen and oxygen atoms in total. The number of nitrogens with zero attached hydrogens (tertiary/aromatic N) is 1. The Morgan fingerprint density at radius 3 is 2.48 bits per heavy atom. The number of sulfonamides is 1.